The summed E-state index contributed by atoms with van der Waals surface area (Å²) in [5.41, 5.74) is 4.17. The summed E-state index contributed by atoms with van der Waals surface area (Å²) in [5, 5.41) is 4.60. The van der Waals surface area contributed by atoms with Crippen molar-refractivity contribution >= 4 is 10.0 Å². The van der Waals surface area contributed by atoms with Crippen molar-refractivity contribution in [1.82, 2.24) is 14.5 Å². The van der Waals surface area contributed by atoms with Crippen molar-refractivity contribution in [3.63, 3.8) is 0 Å². The summed E-state index contributed by atoms with van der Waals surface area (Å²) in [6.07, 6.45) is 3.38. The van der Waals surface area contributed by atoms with Gasteiger partial charge in [-0.3, -0.25) is 0 Å². The number of sulfonamides is 1. The molecule has 0 saturated carbocycles. The second kappa shape index (κ2) is 6.87. The number of aromatic nitrogens is 2. The number of hydrogen-bond donors (Lipinski definition) is 1. The van der Waals surface area contributed by atoms with Crippen LogP contribution < -0.4 is 4.72 Å². The molecule has 0 fully saturated rings. The van der Waals surface area contributed by atoms with Gasteiger partial charge in [0.25, 0.3) is 0 Å². The highest BCUT2D eigenvalue weighted by atomic mass is 32.2. The summed E-state index contributed by atoms with van der Waals surface area (Å²) < 4.78 is 30.7. The van der Waals surface area contributed by atoms with Gasteiger partial charge in [-0.15, -0.1) is 0 Å². The number of fused-ring (bicyclic) bond motifs is 1. The van der Waals surface area contributed by atoms with Crippen LogP contribution in [0.3, 0.4) is 0 Å². The molecule has 3 aromatic rings. The summed E-state index contributed by atoms with van der Waals surface area (Å²) in [7, 11) is -3.60. The highest BCUT2D eigenvalue weighted by Gasteiger charge is 2.37. The lowest BCUT2D eigenvalue weighted by molar-refractivity contribution is 0.268. The number of aryl methyl sites for hydroxylation is 1. The largest absolute Gasteiger partial charge is 0.241 e. The lowest BCUT2D eigenvalue weighted by Crippen LogP contribution is -2.36. The van der Waals surface area contributed by atoms with Gasteiger partial charge in [-0.05, 0) is 49.4 Å². The molecule has 1 aliphatic carbocycles. The van der Waals surface area contributed by atoms with E-state index in [1.165, 1.54) is 5.56 Å². The molecule has 0 bridgehead atoms. The van der Waals surface area contributed by atoms with E-state index in [1.54, 1.807) is 24.3 Å². The zero-order chi connectivity index (χ0) is 19.9. The Morgan fingerprint density at radius 1 is 1.07 bits per heavy atom. The van der Waals surface area contributed by atoms with Gasteiger partial charge in [-0.25, -0.2) is 17.8 Å². The van der Waals surface area contributed by atoms with Crippen molar-refractivity contribution in [3.05, 3.63) is 77.6 Å². The van der Waals surface area contributed by atoms with Gasteiger partial charge in [0, 0.05) is 11.3 Å². The van der Waals surface area contributed by atoms with Crippen molar-refractivity contribution in [2.75, 3.05) is 0 Å². The maximum absolute atomic E-state index is 12.9. The Morgan fingerprint density at radius 2 is 1.75 bits per heavy atom. The summed E-state index contributed by atoms with van der Waals surface area (Å²) in [6, 6.07) is 16.4. The van der Waals surface area contributed by atoms with Crippen molar-refractivity contribution in [3.8, 4) is 5.69 Å². The molecule has 1 aliphatic rings. The Morgan fingerprint density at radius 3 is 2.43 bits per heavy atom. The first-order valence-corrected chi connectivity index (χ1v) is 10.9. The SMILES string of the molecule is Cc1ccc(-n2ncc3c2CC(C)(C)CC3NS(=O)(=O)c2ccccc2)cc1. The molecule has 0 saturated heterocycles. The monoisotopic (exact) mass is 395 g/mol. The predicted octanol–water partition coefficient (Wildman–Crippen LogP) is 4.17. The van der Waals surface area contributed by atoms with E-state index in [1.807, 2.05) is 29.1 Å². The van der Waals surface area contributed by atoms with Gasteiger partial charge in [0.1, 0.15) is 0 Å². The second-order valence-electron chi connectivity index (χ2n) is 8.33. The maximum Gasteiger partial charge on any atom is 0.241 e. The van der Waals surface area contributed by atoms with E-state index < -0.39 is 10.0 Å². The molecule has 0 spiro atoms. The summed E-state index contributed by atoms with van der Waals surface area (Å²) in [4.78, 5) is 0.283. The van der Waals surface area contributed by atoms with Crippen LogP contribution in [0.4, 0.5) is 0 Å². The van der Waals surface area contributed by atoms with E-state index in [9.17, 15) is 8.42 Å². The van der Waals surface area contributed by atoms with Crippen molar-refractivity contribution in [2.45, 2.75) is 44.6 Å². The fourth-order valence-corrected chi connectivity index (χ4v) is 5.15. The molecule has 1 aromatic heterocycles. The number of nitrogens with zero attached hydrogens (tertiary/aromatic N) is 2. The highest BCUT2D eigenvalue weighted by molar-refractivity contribution is 7.89. The van der Waals surface area contributed by atoms with Gasteiger partial charge in [-0.2, -0.15) is 5.10 Å². The molecule has 6 heteroatoms. The van der Waals surface area contributed by atoms with Crippen LogP contribution in [-0.4, -0.2) is 18.2 Å². The fraction of sp³-hybridized carbons (Fsp3) is 0.318. The van der Waals surface area contributed by atoms with Gasteiger partial charge in [0.15, 0.2) is 0 Å². The molecule has 1 N–H and O–H groups in total. The van der Waals surface area contributed by atoms with Crippen LogP contribution >= 0.6 is 0 Å². The zero-order valence-electron chi connectivity index (χ0n) is 16.4. The molecule has 0 amide bonds. The molecule has 2 aromatic carbocycles. The van der Waals surface area contributed by atoms with E-state index in [4.69, 9.17) is 0 Å². The molecular weight excluding hydrogens is 370 g/mol. The molecule has 146 valence electrons. The van der Waals surface area contributed by atoms with E-state index in [-0.39, 0.29) is 16.4 Å². The van der Waals surface area contributed by atoms with Gasteiger partial charge in [0.05, 0.1) is 22.8 Å². The van der Waals surface area contributed by atoms with Crippen LogP contribution in [-0.2, 0) is 16.4 Å². The first kappa shape index (κ1) is 18.9. The first-order valence-electron chi connectivity index (χ1n) is 9.46. The highest BCUT2D eigenvalue weighted by Crippen LogP contribution is 2.42. The number of hydrogen-bond acceptors (Lipinski definition) is 3. The molecule has 1 unspecified atom stereocenters. The van der Waals surface area contributed by atoms with E-state index >= 15 is 0 Å². The Kier molecular flexibility index (Phi) is 4.63. The minimum absolute atomic E-state index is 0.0423. The normalized spacial score (nSPS) is 18.6. The Labute approximate surface area is 166 Å². The van der Waals surface area contributed by atoms with E-state index in [2.05, 4.69) is 42.7 Å². The minimum Gasteiger partial charge on any atom is -0.237 e. The average Bonchev–Trinajstić information content (AvgIpc) is 3.05. The van der Waals surface area contributed by atoms with Gasteiger partial charge in [-0.1, -0.05) is 49.7 Å². The predicted molar refractivity (Wildman–Crippen MR) is 110 cm³/mol. The van der Waals surface area contributed by atoms with Crippen LogP contribution in [0.2, 0.25) is 0 Å². The van der Waals surface area contributed by atoms with E-state index in [0.29, 0.717) is 0 Å². The van der Waals surface area contributed by atoms with Crippen molar-refractivity contribution in [2.24, 2.45) is 5.41 Å². The molecule has 1 heterocycles. The lowest BCUT2D eigenvalue weighted by atomic mass is 9.74. The third kappa shape index (κ3) is 3.62. The van der Waals surface area contributed by atoms with Crippen LogP contribution in [0.1, 0.15) is 43.1 Å². The minimum atomic E-state index is -3.60. The summed E-state index contributed by atoms with van der Waals surface area (Å²) >= 11 is 0. The summed E-state index contributed by atoms with van der Waals surface area (Å²) in [5.74, 6) is 0. The van der Waals surface area contributed by atoms with Crippen LogP contribution in [0.25, 0.3) is 5.69 Å². The molecule has 0 radical (unpaired) electrons. The van der Waals surface area contributed by atoms with Gasteiger partial charge < -0.3 is 0 Å². The topological polar surface area (TPSA) is 64.0 Å². The van der Waals surface area contributed by atoms with E-state index in [0.717, 1.165) is 29.8 Å². The quantitative estimate of drug-likeness (QED) is 0.721. The molecule has 1 atom stereocenters. The smallest absolute Gasteiger partial charge is 0.237 e. The lowest BCUT2D eigenvalue weighted by Gasteiger charge is -2.35. The number of benzene rings is 2. The van der Waals surface area contributed by atoms with Crippen LogP contribution in [0.5, 0.6) is 0 Å². The standard InChI is InChI=1S/C22H25N3O2S/c1-16-9-11-17(12-10-16)25-21-14-22(2,3)13-20(19(21)15-23-25)24-28(26,27)18-7-5-4-6-8-18/h4-12,15,20,24H,13-14H2,1-3H3. The van der Waals surface area contributed by atoms with Gasteiger partial charge in [0.2, 0.25) is 10.0 Å². The Hall–Kier alpha value is -2.44. The number of rotatable bonds is 4. The van der Waals surface area contributed by atoms with Crippen LogP contribution in [0, 0.1) is 12.3 Å². The molecule has 0 aliphatic heterocycles. The molecule has 5 nitrogen and oxygen atoms in total. The molecular formula is C22H25N3O2S. The zero-order valence-corrected chi connectivity index (χ0v) is 17.2. The molecule has 28 heavy (non-hydrogen) atoms. The fourth-order valence-electron chi connectivity index (χ4n) is 3.91. The third-order valence-electron chi connectivity index (χ3n) is 5.31. The first-order chi connectivity index (χ1) is 13.3. The second-order valence-corrected chi connectivity index (χ2v) is 10.0. The number of nitrogens with one attached hydrogen (secondary N) is 1. The average molecular weight is 396 g/mol. The maximum atomic E-state index is 12.9. The third-order valence-corrected chi connectivity index (χ3v) is 6.80. The van der Waals surface area contributed by atoms with Crippen LogP contribution in [0.15, 0.2) is 65.7 Å². The van der Waals surface area contributed by atoms with Gasteiger partial charge >= 0.3 is 0 Å². The summed E-state index contributed by atoms with van der Waals surface area (Å²) in [6.45, 7) is 6.40. The van der Waals surface area contributed by atoms with Crippen molar-refractivity contribution in [1.29, 1.82) is 0 Å². The Balaban J connectivity index is 1.73. The van der Waals surface area contributed by atoms with Crippen molar-refractivity contribution < 1.29 is 8.42 Å². The Bertz CT molecular complexity index is 1080. The molecule has 4 rings (SSSR count).